The third-order valence-corrected chi connectivity index (χ3v) is 4.85. The molecular weight excluding hydrogens is 312 g/mol. The van der Waals surface area contributed by atoms with Crippen LogP contribution in [-0.4, -0.2) is 43.4 Å². The minimum atomic E-state index is -0.133. The van der Waals surface area contributed by atoms with Gasteiger partial charge in [0.1, 0.15) is 5.82 Å². The van der Waals surface area contributed by atoms with Gasteiger partial charge >= 0.3 is 0 Å². The fraction of sp³-hybridized carbons (Fsp3) is 0.450. The zero-order valence-electron chi connectivity index (χ0n) is 15.3. The highest BCUT2D eigenvalue weighted by atomic mass is 16.3. The average molecular weight is 340 g/mol. The Morgan fingerprint density at radius 1 is 1.12 bits per heavy atom. The molecule has 5 heteroatoms. The number of piperidine rings is 1. The molecule has 0 saturated carbocycles. The standard InChI is InChI=1S/C20H28N4O/c1-15(22-20-9-8-18(14-21-20)23(2)3)16-4-6-17(7-5-16)24-12-10-19(25)11-13-24/h4-9,14-15,19,25H,10-13H2,1-3H3,(H,21,22). The third kappa shape index (κ3) is 4.42. The Morgan fingerprint density at radius 2 is 1.80 bits per heavy atom. The van der Waals surface area contributed by atoms with Gasteiger partial charge < -0.3 is 20.2 Å². The maximum Gasteiger partial charge on any atom is 0.126 e. The van der Waals surface area contributed by atoms with Crippen molar-refractivity contribution < 1.29 is 5.11 Å². The van der Waals surface area contributed by atoms with Crippen molar-refractivity contribution in [3.8, 4) is 0 Å². The molecule has 1 atom stereocenters. The molecule has 1 fully saturated rings. The molecule has 0 spiro atoms. The highest BCUT2D eigenvalue weighted by molar-refractivity contribution is 5.51. The van der Waals surface area contributed by atoms with Gasteiger partial charge in [0.05, 0.1) is 18.0 Å². The van der Waals surface area contributed by atoms with Gasteiger partial charge in [-0.2, -0.15) is 0 Å². The topological polar surface area (TPSA) is 51.6 Å². The molecule has 1 unspecified atom stereocenters. The molecule has 0 amide bonds. The lowest BCUT2D eigenvalue weighted by molar-refractivity contribution is 0.145. The molecule has 1 aliphatic rings. The second-order valence-electron chi connectivity index (χ2n) is 6.97. The van der Waals surface area contributed by atoms with Gasteiger partial charge in [-0.25, -0.2) is 4.98 Å². The van der Waals surface area contributed by atoms with Crippen molar-refractivity contribution in [1.82, 2.24) is 4.98 Å². The Balaban J connectivity index is 1.61. The summed E-state index contributed by atoms with van der Waals surface area (Å²) in [5, 5.41) is 13.1. The second kappa shape index (κ2) is 7.74. The number of anilines is 3. The fourth-order valence-electron chi connectivity index (χ4n) is 3.14. The van der Waals surface area contributed by atoms with E-state index in [1.807, 2.05) is 31.3 Å². The van der Waals surface area contributed by atoms with Crippen LogP contribution in [-0.2, 0) is 0 Å². The van der Waals surface area contributed by atoms with Crippen molar-refractivity contribution in [3.05, 3.63) is 48.2 Å². The lowest BCUT2D eigenvalue weighted by Crippen LogP contribution is -2.35. The highest BCUT2D eigenvalue weighted by Gasteiger charge is 2.17. The average Bonchev–Trinajstić information content (AvgIpc) is 2.63. The van der Waals surface area contributed by atoms with Crippen LogP contribution in [0.2, 0.25) is 0 Å². The monoisotopic (exact) mass is 340 g/mol. The van der Waals surface area contributed by atoms with E-state index in [-0.39, 0.29) is 12.1 Å². The van der Waals surface area contributed by atoms with Gasteiger partial charge in [-0.05, 0) is 49.6 Å². The number of aliphatic hydroxyl groups excluding tert-OH is 1. The minimum Gasteiger partial charge on any atom is -0.393 e. The number of hydrogen-bond donors (Lipinski definition) is 2. The van der Waals surface area contributed by atoms with Crippen molar-refractivity contribution in [1.29, 1.82) is 0 Å². The summed E-state index contributed by atoms with van der Waals surface area (Å²) in [5.41, 5.74) is 3.56. The molecule has 0 radical (unpaired) electrons. The Kier molecular flexibility index (Phi) is 5.43. The molecule has 2 aromatic rings. The van der Waals surface area contributed by atoms with Gasteiger partial charge in [-0.3, -0.25) is 0 Å². The molecule has 134 valence electrons. The van der Waals surface area contributed by atoms with E-state index in [9.17, 15) is 5.11 Å². The largest absolute Gasteiger partial charge is 0.393 e. The maximum absolute atomic E-state index is 9.63. The lowest BCUT2D eigenvalue weighted by atomic mass is 10.0. The van der Waals surface area contributed by atoms with Crippen molar-refractivity contribution in [2.24, 2.45) is 0 Å². The van der Waals surface area contributed by atoms with E-state index in [0.29, 0.717) is 0 Å². The number of aromatic nitrogens is 1. The van der Waals surface area contributed by atoms with Crippen molar-refractivity contribution in [3.63, 3.8) is 0 Å². The summed E-state index contributed by atoms with van der Waals surface area (Å²) in [6, 6.07) is 13.0. The van der Waals surface area contributed by atoms with Crippen LogP contribution in [0.25, 0.3) is 0 Å². The van der Waals surface area contributed by atoms with E-state index >= 15 is 0 Å². The van der Waals surface area contributed by atoms with Gasteiger partial charge in [0.25, 0.3) is 0 Å². The molecule has 0 aliphatic carbocycles. The van der Waals surface area contributed by atoms with Crippen LogP contribution < -0.4 is 15.1 Å². The SMILES string of the molecule is CC(Nc1ccc(N(C)C)cn1)c1ccc(N2CCC(O)CC2)cc1. The third-order valence-electron chi connectivity index (χ3n) is 4.85. The molecule has 2 N–H and O–H groups in total. The fourth-order valence-corrected chi connectivity index (χ4v) is 3.14. The predicted molar refractivity (Wildman–Crippen MR) is 104 cm³/mol. The first-order chi connectivity index (χ1) is 12.0. The number of rotatable bonds is 5. The molecule has 1 aliphatic heterocycles. The van der Waals surface area contributed by atoms with Crippen molar-refractivity contribution in [2.75, 3.05) is 42.3 Å². The van der Waals surface area contributed by atoms with E-state index in [1.54, 1.807) is 0 Å². The van der Waals surface area contributed by atoms with Crippen LogP contribution in [0.3, 0.4) is 0 Å². The first kappa shape index (κ1) is 17.5. The molecule has 1 aromatic carbocycles. The zero-order valence-corrected chi connectivity index (χ0v) is 15.3. The zero-order chi connectivity index (χ0) is 17.8. The highest BCUT2D eigenvalue weighted by Crippen LogP contribution is 2.24. The van der Waals surface area contributed by atoms with Crippen molar-refractivity contribution >= 4 is 17.2 Å². The molecule has 2 heterocycles. The molecule has 1 saturated heterocycles. The lowest BCUT2D eigenvalue weighted by Gasteiger charge is -2.31. The van der Waals surface area contributed by atoms with Crippen LogP contribution in [0.5, 0.6) is 0 Å². The summed E-state index contributed by atoms with van der Waals surface area (Å²) >= 11 is 0. The molecule has 25 heavy (non-hydrogen) atoms. The van der Waals surface area contributed by atoms with E-state index in [4.69, 9.17) is 0 Å². The molecule has 0 bridgehead atoms. The molecule has 5 nitrogen and oxygen atoms in total. The summed E-state index contributed by atoms with van der Waals surface area (Å²) in [6.45, 7) is 4.00. The number of hydrogen-bond acceptors (Lipinski definition) is 5. The number of pyridine rings is 1. The van der Waals surface area contributed by atoms with Crippen LogP contribution in [0, 0.1) is 0 Å². The van der Waals surface area contributed by atoms with Gasteiger partial charge in [0, 0.05) is 38.9 Å². The van der Waals surface area contributed by atoms with Crippen molar-refractivity contribution in [2.45, 2.75) is 31.9 Å². The summed E-state index contributed by atoms with van der Waals surface area (Å²) in [7, 11) is 4.02. The Labute approximate surface area is 150 Å². The van der Waals surface area contributed by atoms with Crippen LogP contribution in [0.1, 0.15) is 31.4 Å². The van der Waals surface area contributed by atoms with Gasteiger partial charge in [-0.15, -0.1) is 0 Å². The van der Waals surface area contributed by atoms with Gasteiger partial charge in [0.15, 0.2) is 0 Å². The summed E-state index contributed by atoms with van der Waals surface area (Å²) in [4.78, 5) is 8.86. The Hall–Kier alpha value is -2.27. The summed E-state index contributed by atoms with van der Waals surface area (Å²) in [5.74, 6) is 0.882. The van der Waals surface area contributed by atoms with E-state index in [2.05, 4.69) is 52.5 Å². The number of nitrogens with one attached hydrogen (secondary N) is 1. The summed E-state index contributed by atoms with van der Waals surface area (Å²) in [6.07, 6.45) is 3.46. The Bertz CT molecular complexity index is 661. The smallest absolute Gasteiger partial charge is 0.126 e. The molecular formula is C20H28N4O. The van der Waals surface area contributed by atoms with Gasteiger partial charge in [-0.1, -0.05) is 12.1 Å². The minimum absolute atomic E-state index is 0.133. The first-order valence-electron chi connectivity index (χ1n) is 8.96. The first-order valence-corrected chi connectivity index (χ1v) is 8.96. The van der Waals surface area contributed by atoms with E-state index in [0.717, 1.165) is 37.4 Å². The molecule has 1 aromatic heterocycles. The Morgan fingerprint density at radius 3 is 2.36 bits per heavy atom. The number of aliphatic hydroxyl groups is 1. The maximum atomic E-state index is 9.63. The normalized spacial score (nSPS) is 16.6. The predicted octanol–water partition coefficient (Wildman–Crippen LogP) is 3.28. The van der Waals surface area contributed by atoms with Crippen LogP contribution in [0.4, 0.5) is 17.2 Å². The van der Waals surface area contributed by atoms with E-state index < -0.39 is 0 Å². The number of benzene rings is 1. The summed E-state index contributed by atoms with van der Waals surface area (Å²) < 4.78 is 0. The van der Waals surface area contributed by atoms with Gasteiger partial charge in [0.2, 0.25) is 0 Å². The van der Waals surface area contributed by atoms with Crippen LogP contribution in [0.15, 0.2) is 42.6 Å². The molecule has 3 rings (SSSR count). The van der Waals surface area contributed by atoms with Crippen LogP contribution >= 0.6 is 0 Å². The quantitative estimate of drug-likeness (QED) is 0.875. The second-order valence-corrected chi connectivity index (χ2v) is 6.97. The number of nitrogens with zero attached hydrogens (tertiary/aromatic N) is 3. The van der Waals surface area contributed by atoms with E-state index in [1.165, 1.54) is 11.3 Å².